The maximum absolute atomic E-state index is 10.4. The molecule has 0 unspecified atom stereocenters. The van der Waals surface area contributed by atoms with Gasteiger partial charge < -0.3 is 5.73 Å². The van der Waals surface area contributed by atoms with Crippen LogP contribution in [0.2, 0.25) is 0 Å². The van der Waals surface area contributed by atoms with E-state index in [0.29, 0.717) is 5.71 Å². The highest BCUT2D eigenvalue weighted by molar-refractivity contribution is 9.10. The summed E-state index contributed by atoms with van der Waals surface area (Å²) in [7, 11) is 0. The molecule has 2 amide bonds. The first-order valence-corrected chi connectivity index (χ1v) is 4.60. The molecule has 1 rings (SSSR count). The van der Waals surface area contributed by atoms with E-state index in [-0.39, 0.29) is 0 Å². The Labute approximate surface area is 89.5 Å². The molecule has 74 valence electrons. The Morgan fingerprint density at radius 3 is 2.86 bits per heavy atom. The smallest absolute Gasteiger partial charge is 0.332 e. The number of carbonyl (C=O) groups is 1. The van der Waals surface area contributed by atoms with Gasteiger partial charge in [-0.15, -0.1) is 0 Å². The molecule has 14 heavy (non-hydrogen) atoms. The Bertz CT molecular complexity index is 360. The molecule has 0 fully saturated rings. The topological polar surface area (TPSA) is 80.4 Å². The lowest BCUT2D eigenvalue weighted by Crippen LogP contribution is -2.25. The van der Waals surface area contributed by atoms with E-state index in [1.54, 1.807) is 19.2 Å². The Balaban J connectivity index is 2.78. The van der Waals surface area contributed by atoms with Crippen molar-refractivity contribution in [3.63, 3.8) is 0 Å². The monoisotopic (exact) mass is 256 g/mol. The van der Waals surface area contributed by atoms with E-state index in [0.717, 1.165) is 10.2 Å². The summed E-state index contributed by atoms with van der Waals surface area (Å²) >= 11 is 3.22. The van der Waals surface area contributed by atoms with Gasteiger partial charge in [0.2, 0.25) is 0 Å². The summed E-state index contributed by atoms with van der Waals surface area (Å²) < 4.78 is 0.747. The third-order valence-electron chi connectivity index (χ3n) is 1.48. The number of carbonyl (C=O) groups excluding carboxylic acids is 1. The van der Waals surface area contributed by atoms with Crippen molar-refractivity contribution in [2.45, 2.75) is 6.92 Å². The van der Waals surface area contributed by atoms with Gasteiger partial charge >= 0.3 is 6.03 Å². The molecular weight excluding hydrogens is 248 g/mol. The Morgan fingerprint density at radius 2 is 2.36 bits per heavy atom. The van der Waals surface area contributed by atoms with Crippen molar-refractivity contribution in [1.29, 1.82) is 0 Å². The zero-order valence-electron chi connectivity index (χ0n) is 7.49. The highest BCUT2D eigenvalue weighted by atomic mass is 79.9. The third kappa shape index (κ3) is 3.14. The summed E-state index contributed by atoms with van der Waals surface area (Å²) in [6.45, 7) is 1.75. The summed E-state index contributed by atoms with van der Waals surface area (Å²) in [5, 5.41) is 3.76. The summed E-state index contributed by atoms with van der Waals surface area (Å²) in [6.07, 6.45) is 1.64. The zero-order chi connectivity index (χ0) is 10.6. The number of nitrogens with zero attached hydrogens (tertiary/aromatic N) is 2. The van der Waals surface area contributed by atoms with E-state index in [9.17, 15) is 4.79 Å². The Hall–Kier alpha value is -1.43. The quantitative estimate of drug-likeness (QED) is 0.474. The predicted molar refractivity (Wildman–Crippen MR) is 56.9 cm³/mol. The maximum atomic E-state index is 10.4. The predicted octanol–water partition coefficient (Wildman–Crippen LogP) is 1.24. The van der Waals surface area contributed by atoms with Crippen molar-refractivity contribution in [2.75, 3.05) is 0 Å². The lowest BCUT2D eigenvalue weighted by molar-refractivity contribution is 0.249. The number of rotatable bonds is 2. The molecule has 0 saturated heterocycles. The largest absolute Gasteiger partial charge is 0.350 e. The molecular formula is C8H9BrN4O. The molecule has 6 heteroatoms. The van der Waals surface area contributed by atoms with Crippen LogP contribution in [-0.2, 0) is 0 Å². The van der Waals surface area contributed by atoms with Crippen molar-refractivity contribution in [3.8, 4) is 0 Å². The highest BCUT2D eigenvalue weighted by Gasteiger charge is 1.98. The van der Waals surface area contributed by atoms with Crippen LogP contribution in [0.1, 0.15) is 12.5 Å². The molecule has 0 aliphatic carbocycles. The summed E-state index contributed by atoms with van der Waals surface area (Å²) in [6, 6.07) is 2.94. The number of primary amides is 1. The van der Waals surface area contributed by atoms with E-state index in [4.69, 9.17) is 5.73 Å². The second-order valence-corrected chi connectivity index (χ2v) is 3.36. The first-order valence-electron chi connectivity index (χ1n) is 3.81. The van der Waals surface area contributed by atoms with Gasteiger partial charge in [-0.2, -0.15) is 5.10 Å². The molecule has 5 nitrogen and oxygen atoms in total. The molecule has 0 aromatic carbocycles. The van der Waals surface area contributed by atoms with Gasteiger partial charge in [0.05, 0.1) is 5.71 Å². The van der Waals surface area contributed by atoms with Crippen LogP contribution in [0, 0.1) is 0 Å². The molecule has 1 aromatic heterocycles. The fourth-order valence-corrected chi connectivity index (χ4v) is 1.03. The molecule has 0 saturated carbocycles. The normalized spacial score (nSPS) is 11.1. The molecule has 0 bridgehead atoms. The summed E-state index contributed by atoms with van der Waals surface area (Å²) in [5.74, 6) is 0. The van der Waals surface area contributed by atoms with Gasteiger partial charge in [0, 0.05) is 11.8 Å². The molecule has 0 atom stereocenters. The van der Waals surface area contributed by atoms with Gasteiger partial charge in [-0.25, -0.2) is 15.2 Å². The number of pyridine rings is 1. The number of nitrogens with one attached hydrogen (secondary N) is 1. The first-order chi connectivity index (χ1) is 6.59. The zero-order valence-corrected chi connectivity index (χ0v) is 9.08. The van der Waals surface area contributed by atoms with Crippen molar-refractivity contribution < 1.29 is 4.79 Å². The number of urea groups is 1. The SMILES string of the molecule is C/C(=N\NC(N)=O)c1ccc(Br)nc1. The van der Waals surface area contributed by atoms with E-state index < -0.39 is 6.03 Å². The van der Waals surface area contributed by atoms with Gasteiger partial charge in [0.15, 0.2) is 0 Å². The molecule has 1 heterocycles. The van der Waals surface area contributed by atoms with Crippen LogP contribution in [-0.4, -0.2) is 16.7 Å². The van der Waals surface area contributed by atoms with Crippen LogP contribution in [0.4, 0.5) is 4.79 Å². The van der Waals surface area contributed by atoms with Gasteiger partial charge in [0.1, 0.15) is 4.60 Å². The number of hydrazone groups is 1. The van der Waals surface area contributed by atoms with Crippen LogP contribution in [0.25, 0.3) is 0 Å². The van der Waals surface area contributed by atoms with E-state index in [1.165, 1.54) is 0 Å². The number of amides is 2. The fourth-order valence-electron chi connectivity index (χ4n) is 0.793. The minimum Gasteiger partial charge on any atom is -0.350 e. The standard InChI is InChI=1S/C8H9BrN4O/c1-5(12-13-8(10)14)6-2-3-7(9)11-4-6/h2-4H,1H3,(H3,10,13,14)/b12-5+. The van der Waals surface area contributed by atoms with Gasteiger partial charge in [0.25, 0.3) is 0 Å². The number of halogens is 1. The lowest BCUT2D eigenvalue weighted by atomic mass is 10.2. The van der Waals surface area contributed by atoms with Gasteiger partial charge in [-0.1, -0.05) is 0 Å². The summed E-state index contributed by atoms with van der Waals surface area (Å²) in [4.78, 5) is 14.4. The number of aromatic nitrogens is 1. The van der Waals surface area contributed by atoms with Crippen LogP contribution in [0.15, 0.2) is 28.0 Å². The van der Waals surface area contributed by atoms with E-state index in [1.807, 2.05) is 6.07 Å². The van der Waals surface area contributed by atoms with E-state index >= 15 is 0 Å². The van der Waals surface area contributed by atoms with Crippen molar-refractivity contribution >= 4 is 27.7 Å². The average molecular weight is 257 g/mol. The number of hydrogen-bond donors (Lipinski definition) is 2. The molecule has 0 aliphatic heterocycles. The fraction of sp³-hybridized carbons (Fsp3) is 0.125. The van der Waals surface area contributed by atoms with Crippen molar-refractivity contribution in [3.05, 3.63) is 28.5 Å². The van der Waals surface area contributed by atoms with Crippen LogP contribution in [0.3, 0.4) is 0 Å². The Kier molecular flexibility index (Phi) is 3.58. The number of nitrogens with two attached hydrogens (primary N) is 1. The Morgan fingerprint density at radius 1 is 1.64 bits per heavy atom. The summed E-state index contributed by atoms with van der Waals surface area (Å²) in [5.41, 5.74) is 8.47. The second kappa shape index (κ2) is 4.71. The highest BCUT2D eigenvalue weighted by Crippen LogP contribution is 2.06. The van der Waals surface area contributed by atoms with Crippen molar-refractivity contribution in [1.82, 2.24) is 10.4 Å². The molecule has 0 aliphatic rings. The van der Waals surface area contributed by atoms with Crippen molar-refractivity contribution in [2.24, 2.45) is 10.8 Å². The third-order valence-corrected chi connectivity index (χ3v) is 1.95. The lowest BCUT2D eigenvalue weighted by Gasteiger charge is -1.99. The first kappa shape index (κ1) is 10.6. The van der Waals surface area contributed by atoms with E-state index in [2.05, 4.69) is 31.4 Å². The molecule has 0 spiro atoms. The number of hydrogen-bond acceptors (Lipinski definition) is 3. The van der Waals surface area contributed by atoms with Crippen LogP contribution < -0.4 is 11.2 Å². The molecule has 1 aromatic rings. The van der Waals surface area contributed by atoms with Crippen LogP contribution in [0.5, 0.6) is 0 Å². The van der Waals surface area contributed by atoms with Gasteiger partial charge in [-0.3, -0.25) is 0 Å². The second-order valence-electron chi connectivity index (χ2n) is 2.54. The van der Waals surface area contributed by atoms with Gasteiger partial charge in [-0.05, 0) is 35.0 Å². The molecule has 3 N–H and O–H groups in total. The average Bonchev–Trinajstić information content (AvgIpc) is 2.15. The minimum absolute atomic E-state index is 0.642. The minimum atomic E-state index is -0.686. The maximum Gasteiger partial charge on any atom is 0.332 e. The molecule has 0 radical (unpaired) electrons. The van der Waals surface area contributed by atoms with Crippen LogP contribution >= 0.6 is 15.9 Å².